The van der Waals surface area contributed by atoms with Gasteiger partial charge in [0.2, 0.25) is 0 Å². The Hall–Kier alpha value is -2.10. The van der Waals surface area contributed by atoms with Gasteiger partial charge in [0.25, 0.3) is 0 Å². The summed E-state index contributed by atoms with van der Waals surface area (Å²) >= 11 is 0. The van der Waals surface area contributed by atoms with Crippen LogP contribution in [0.3, 0.4) is 0 Å². The first-order valence-electron chi connectivity index (χ1n) is 6.49. The molecule has 0 aliphatic heterocycles. The van der Waals surface area contributed by atoms with E-state index in [-0.39, 0.29) is 10.0 Å². The number of benzene rings is 3. The van der Waals surface area contributed by atoms with E-state index in [2.05, 4.69) is 36.4 Å². The van der Waals surface area contributed by atoms with Crippen LogP contribution in [0.5, 0.6) is 5.75 Å². The SMILES string of the molecule is c1ccc(O[Si]OCc2cccc3ccccc23)cc1. The van der Waals surface area contributed by atoms with Crippen LogP contribution in [0.25, 0.3) is 10.8 Å². The van der Waals surface area contributed by atoms with E-state index in [9.17, 15) is 0 Å². The van der Waals surface area contributed by atoms with Crippen molar-refractivity contribution in [2.45, 2.75) is 6.61 Å². The molecule has 3 heteroatoms. The molecule has 0 heterocycles. The molecule has 3 aromatic carbocycles. The topological polar surface area (TPSA) is 18.5 Å². The molecule has 0 aliphatic rings. The van der Waals surface area contributed by atoms with E-state index >= 15 is 0 Å². The second-order valence-electron chi connectivity index (χ2n) is 4.43. The van der Waals surface area contributed by atoms with Crippen molar-refractivity contribution >= 4 is 20.8 Å². The van der Waals surface area contributed by atoms with Crippen molar-refractivity contribution in [1.82, 2.24) is 0 Å². The van der Waals surface area contributed by atoms with Crippen LogP contribution in [-0.2, 0) is 11.0 Å². The quantitative estimate of drug-likeness (QED) is 0.519. The molecule has 3 aromatic rings. The molecule has 0 N–H and O–H groups in total. The van der Waals surface area contributed by atoms with E-state index in [1.165, 1.54) is 16.3 Å². The van der Waals surface area contributed by atoms with E-state index in [0.717, 1.165) is 5.75 Å². The number of fused-ring (bicyclic) bond motifs is 1. The van der Waals surface area contributed by atoms with Crippen molar-refractivity contribution in [3.05, 3.63) is 78.4 Å². The van der Waals surface area contributed by atoms with Crippen molar-refractivity contribution in [2.75, 3.05) is 0 Å². The fourth-order valence-electron chi connectivity index (χ4n) is 2.09. The summed E-state index contributed by atoms with van der Waals surface area (Å²) in [5.41, 5.74) is 1.19. The molecule has 0 saturated carbocycles. The van der Waals surface area contributed by atoms with E-state index in [0.29, 0.717) is 6.61 Å². The number of rotatable bonds is 5. The summed E-state index contributed by atoms with van der Waals surface area (Å²) in [5.74, 6) is 0.837. The van der Waals surface area contributed by atoms with Crippen molar-refractivity contribution < 1.29 is 8.85 Å². The highest BCUT2D eigenvalue weighted by Gasteiger charge is 2.02. The van der Waals surface area contributed by atoms with Crippen LogP contribution in [0, 0.1) is 0 Å². The molecule has 98 valence electrons. The van der Waals surface area contributed by atoms with Gasteiger partial charge in [0.15, 0.2) is 0 Å². The zero-order chi connectivity index (χ0) is 13.6. The first-order chi connectivity index (χ1) is 9.93. The van der Waals surface area contributed by atoms with Gasteiger partial charge in [0, 0.05) is 0 Å². The van der Waals surface area contributed by atoms with Gasteiger partial charge >= 0.3 is 10.0 Å². The zero-order valence-corrected chi connectivity index (χ0v) is 12.0. The van der Waals surface area contributed by atoms with E-state index < -0.39 is 0 Å². The van der Waals surface area contributed by atoms with Gasteiger partial charge in [0.1, 0.15) is 5.75 Å². The maximum absolute atomic E-state index is 5.64. The van der Waals surface area contributed by atoms with Crippen LogP contribution in [0.4, 0.5) is 0 Å². The molecule has 0 spiro atoms. The Morgan fingerprint density at radius 3 is 2.40 bits per heavy atom. The summed E-state index contributed by atoms with van der Waals surface area (Å²) in [6.45, 7) is 0.562. The van der Waals surface area contributed by atoms with Crippen molar-refractivity contribution in [3.8, 4) is 5.75 Å². The highest BCUT2D eigenvalue weighted by molar-refractivity contribution is 6.19. The van der Waals surface area contributed by atoms with Crippen LogP contribution < -0.4 is 4.43 Å². The lowest BCUT2D eigenvalue weighted by atomic mass is 10.1. The normalized spacial score (nSPS) is 10.6. The first-order valence-corrected chi connectivity index (χ1v) is 7.30. The molecule has 3 rings (SSSR count). The molecular formula is C17H14O2Si. The van der Waals surface area contributed by atoms with E-state index in [4.69, 9.17) is 8.85 Å². The maximum Gasteiger partial charge on any atom is 0.521 e. The third kappa shape index (κ3) is 3.07. The van der Waals surface area contributed by atoms with E-state index in [1.54, 1.807) is 0 Å². The van der Waals surface area contributed by atoms with Crippen LogP contribution in [0.15, 0.2) is 72.8 Å². The molecule has 0 aromatic heterocycles. The lowest BCUT2D eigenvalue weighted by molar-refractivity contribution is 0.280. The molecule has 0 saturated heterocycles. The maximum atomic E-state index is 5.64. The largest absolute Gasteiger partial charge is 0.521 e. The predicted octanol–water partition coefficient (Wildman–Crippen LogP) is 3.97. The fraction of sp³-hybridized carbons (Fsp3) is 0.0588. The highest BCUT2D eigenvalue weighted by Crippen LogP contribution is 2.19. The number of hydrogen-bond donors (Lipinski definition) is 0. The monoisotopic (exact) mass is 278 g/mol. The Bertz CT molecular complexity index is 677. The summed E-state index contributed by atoms with van der Waals surface area (Å²) in [6, 6.07) is 24.3. The van der Waals surface area contributed by atoms with Gasteiger partial charge in [-0.1, -0.05) is 60.7 Å². The number of hydrogen-bond acceptors (Lipinski definition) is 2. The summed E-state index contributed by atoms with van der Waals surface area (Å²) in [4.78, 5) is 0. The van der Waals surface area contributed by atoms with Gasteiger partial charge in [-0.3, -0.25) is 0 Å². The van der Waals surface area contributed by atoms with Gasteiger partial charge < -0.3 is 8.85 Å². The fourth-order valence-corrected chi connectivity index (χ4v) is 2.60. The Labute approximate surface area is 121 Å². The molecule has 2 nitrogen and oxygen atoms in total. The molecule has 0 atom stereocenters. The molecule has 20 heavy (non-hydrogen) atoms. The average Bonchev–Trinajstić information content (AvgIpc) is 2.53. The van der Waals surface area contributed by atoms with Gasteiger partial charge in [-0.15, -0.1) is 0 Å². The van der Waals surface area contributed by atoms with Crippen molar-refractivity contribution in [1.29, 1.82) is 0 Å². The Balaban J connectivity index is 1.60. The molecule has 0 fully saturated rings. The van der Waals surface area contributed by atoms with Gasteiger partial charge in [0.05, 0.1) is 6.61 Å². The van der Waals surface area contributed by atoms with Gasteiger partial charge in [-0.2, -0.15) is 0 Å². The highest BCUT2D eigenvalue weighted by atomic mass is 28.3. The standard InChI is InChI=1S/C17H14O2Si/c1-2-10-16(11-3-1)19-20-18-13-15-9-6-8-14-7-4-5-12-17(14)15/h1-12H,13H2. The van der Waals surface area contributed by atoms with Crippen molar-refractivity contribution in [3.63, 3.8) is 0 Å². The molecule has 0 aliphatic carbocycles. The molecule has 0 unspecified atom stereocenters. The van der Waals surface area contributed by atoms with Gasteiger partial charge in [-0.05, 0) is 28.5 Å². The molecular weight excluding hydrogens is 264 g/mol. The minimum atomic E-state index is 0.00632. The lowest BCUT2D eigenvalue weighted by Crippen LogP contribution is -2.07. The molecule has 0 amide bonds. The molecule has 2 radical (unpaired) electrons. The van der Waals surface area contributed by atoms with Crippen LogP contribution in [-0.4, -0.2) is 10.0 Å². The summed E-state index contributed by atoms with van der Waals surface area (Å²) < 4.78 is 11.2. The first kappa shape index (κ1) is 12.9. The predicted molar refractivity (Wildman–Crippen MR) is 81.6 cm³/mol. The Morgan fingerprint density at radius 1 is 0.750 bits per heavy atom. The Morgan fingerprint density at radius 2 is 1.50 bits per heavy atom. The Kier molecular flexibility index (Phi) is 4.11. The smallest absolute Gasteiger partial charge is 0.518 e. The van der Waals surface area contributed by atoms with E-state index in [1.807, 2.05) is 36.4 Å². The second kappa shape index (κ2) is 6.37. The lowest BCUT2D eigenvalue weighted by Gasteiger charge is -2.07. The minimum Gasteiger partial charge on any atom is -0.518 e. The minimum absolute atomic E-state index is 0.00632. The summed E-state index contributed by atoms with van der Waals surface area (Å²) in [6.07, 6.45) is 0. The van der Waals surface area contributed by atoms with Crippen molar-refractivity contribution in [2.24, 2.45) is 0 Å². The third-order valence-electron chi connectivity index (χ3n) is 3.07. The summed E-state index contributed by atoms with van der Waals surface area (Å²) in [5, 5.41) is 2.47. The number of para-hydroxylation sites is 1. The second-order valence-corrected chi connectivity index (χ2v) is 5.08. The zero-order valence-electron chi connectivity index (χ0n) is 11.0. The van der Waals surface area contributed by atoms with Crippen LogP contribution in [0.1, 0.15) is 5.56 Å². The average molecular weight is 278 g/mol. The van der Waals surface area contributed by atoms with Gasteiger partial charge in [-0.25, -0.2) is 0 Å². The molecule has 0 bridgehead atoms. The summed E-state index contributed by atoms with van der Waals surface area (Å²) in [7, 11) is 0.00632. The van der Waals surface area contributed by atoms with Crippen LogP contribution >= 0.6 is 0 Å². The van der Waals surface area contributed by atoms with Crippen LogP contribution in [0.2, 0.25) is 0 Å². The third-order valence-corrected chi connectivity index (χ3v) is 3.65.